The van der Waals surface area contributed by atoms with Crippen molar-refractivity contribution in [1.29, 1.82) is 0 Å². The highest BCUT2D eigenvalue weighted by atomic mass is 32.2. The van der Waals surface area contributed by atoms with E-state index in [1.54, 1.807) is 0 Å². The lowest BCUT2D eigenvalue weighted by Crippen LogP contribution is -2.20. The van der Waals surface area contributed by atoms with E-state index in [9.17, 15) is 26.4 Å². The first-order chi connectivity index (χ1) is 9.11. The highest BCUT2D eigenvalue weighted by Gasteiger charge is 2.37. The Labute approximate surface area is 112 Å². The number of aromatic carboxylic acids is 1. The number of carboxylic acid groups (broad SMARTS) is 1. The molecule has 1 aliphatic rings. The molecule has 20 heavy (non-hydrogen) atoms. The quantitative estimate of drug-likeness (QED) is 0.894. The largest absolute Gasteiger partial charge is 0.478 e. The van der Waals surface area contributed by atoms with Crippen LogP contribution in [0.15, 0.2) is 18.2 Å². The molecule has 2 rings (SSSR count). The van der Waals surface area contributed by atoms with E-state index in [2.05, 4.69) is 0 Å². The van der Waals surface area contributed by atoms with Gasteiger partial charge in [0.25, 0.3) is 0 Å². The predicted molar refractivity (Wildman–Crippen MR) is 64.0 cm³/mol. The zero-order valence-electron chi connectivity index (χ0n) is 9.94. The fourth-order valence-electron chi connectivity index (χ4n) is 1.60. The van der Waals surface area contributed by atoms with Crippen molar-refractivity contribution in [1.82, 2.24) is 0 Å². The van der Waals surface area contributed by atoms with Crippen LogP contribution in [0.4, 0.5) is 18.9 Å². The third kappa shape index (κ3) is 3.03. The highest BCUT2D eigenvalue weighted by Crippen LogP contribution is 2.34. The summed E-state index contributed by atoms with van der Waals surface area (Å²) in [4.78, 5) is 11.0. The first-order valence-electron chi connectivity index (χ1n) is 5.57. The molecule has 0 saturated heterocycles. The average Bonchev–Trinajstić information content (AvgIpc) is 3.10. The molecule has 0 radical (unpaired) electrons. The minimum absolute atomic E-state index is 0.364. The van der Waals surface area contributed by atoms with Crippen LogP contribution in [0.3, 0.4) is 0 Å². The Balaban J connectivity index is 2.40. The summed E-state index contributed by atoms with van der Waals surface area (Å²) in [6.07, 6.45) is -3.78. The van der Waals surface area contributed by atoms with Gasteiger partial charge in [-0.3, -0.25) is 4.72 Å². The summed E-state index contributed by atoms with van der Waals surface area (Å²) in [6, 6.07) is 1.86. The molecule has 5 nitrogen and oxygen atoms in total. The molecule has 0 aromatic heterocycles. The molecule has 0 unspecified atom stereocenters. The van der Waals surface area contributed by atoms with E-state index in [1.165, 1.54) is 0 Å². The topological polar surface area (TPSA) is 83.5 Å². The van der Waals surface area contributed by atoms with Crippen LogP contribution in [-0.4, -0.2) is 24.7 Å². The molecule has 0 heterocycles. The summed E-state index contributed by atoms with van der Waals surface area (Å²) in [5.41, 5.74) is -2.24. The third-order valence-corrected chi connectivity index (χ3v) is 4.65. The zero-order valence-corrected chi connectivity index (χ0v) is 10.8. The molecule has 9 heteroatoms. The Hall–Kier alpha value is -1.77. The number of alkyl halides is 3. The van der Waals surface area contributed by atoms with E-state index in [0.717, 1.165) is 6.07 Å². The van der Waals surface area contributed by atoms with E-state index in [-0.39, 0.29) is 5.69 Å². The van der Waals surface area contributed by atoms with Crippen LogP contribution in [0.1, 0.15) is 28.8 Å². The molecule has 0 bridgehead atoms. The summed E-state index contributed by atoms with van der Waals surface area (Å²) >= 11 is 0. The van der Waals surface area contributed by atoms with Crippen molar-refractivity contribution < 1.29 is 31.5 Å². The number of hydrogen-bond donors (Lipinski definition) is 2. The fourth-order valence-corrected chi connectivity index (χ4v) is 3.01. The molecule has 0 atom stereocenters. The van der Waals surface area contributed by atoms with Gasteiger partial charge in [-0.2, -0.15) is 13.2 Å². The van der Waals surface area contributed by atoms with Gasteiger partial charge in [-0.25, -0.2) is 13.2 Å². The van der Waals surface area contributed by atoms with Crippen molar-refractivity contribution in [3.63, 3.8) is 0 Å². The number of hydrogen-bond acceptors (Lipinski definition) is 3. The second kappa shape index (κ2) is 4.65. The van der Waals surface area contributed by atoms with Gasteiger partial charge in [-0.1, -0.05) is 0 Å². The second-order valence-electron chi connectivity index (χ2n) is 4.41. The average molecular weight is 309 g/mol. The smallest absolute Gasteiger partial charge is 0.416 e. The molecule has 2 N–H and O–H groups in total. The molecule has 110 valence electrons. The van der Waals surface area contributed by atoms with Gasteiger partial charge in [0, 0.05) is 0 Å². The van der Waals surface area contributed by atoms with E-state index in [1.807, 2.05) is 4.72 Å². The third-order valence-electron chi connectivity index (χ3n) is 2.79. The minimum Gasteiger partial charge on any atom is -0.478 e. The van der Waals surface area contributed by atoms with Crippen molar-refractivity contribution in [2.24, 2.45) is 0 Å². The van der Waals surface area contributed by atoms with Crippen LogP contribution in [0, 0.1) is 0 Å². The van der Waals surface area contributed by atoms with Crippen molar-refractivity contribution in [2.45, 2.75) is 24.3 Å². The zero-order chi connectivity index (χ0) is 15.1. The lowest BCUT2D eigenvalue weighted by atomic mass is 10.1. The molecule has 1 aromatic carbocycles. The maximum absolute atomic E-state index is 12.5. The van der Waals surface area contributed by atoms with Gasteiger partial charge in [-0.15, -0.1) is 0 Å². The van der Waals surface area contributed by atoms with Crippen molar-refractivity contribution in [3.8, 4) is 0 Å². The predicted octanol–water partition coefficient (Wildman–Crippen LogP) is 2.31. The van der Waals surface area contributed by atoms with Crippen molar-refractivity contribution in [2.75, 3.05) is 4.72 Å². The maximum Gasteiger partial charge on any atom is 0.416 e. The molecule has 0 aliphatic heterocycles. The number of carboxylic acids is 1. The van der Waals surface area contributed by atoms with Crippen LogP contribution in [0.25, 0.3) is 0 Å². The molecule has 1 aromatic rings. The van der Waals surface area contributed by atoms with E-state index < -0.39 is 38.5 Å². The normalized spacial score (nSPS) is 15.9. The second-order valence-corrected chi connectivity index (χ2v) is 6.37. The van der Waals surface area contributed by atoms with Gasteiger partial charge in [-0.05, 0) is 31.0 Å². The van der Waals surface area contributed by atoms with Crippen LogP contribution in [0.5, 0.6) is 0 Å². The Morgan fingerprint density at radius 2 is 1.90 bits per heavy atom. The summed E-state index contributed by atoms with van der Waals surface area (Å²) in [5, 5.41) is 8.30. The number of benzene rings is 1. The van der Waals surface area contributed by atoms with Crippen LogP contribution >= 0.6 is 0 Å². The highest BCUT2D eigenvalue weighted by molar-refractivity contribution is 7.93. The van der Waals surface area contributed by atoms with Gasteiger partial charge in [0.1, 0.15) is 0 Å². The van der Waals surface area contributed by atoms with Gasteiger partial charge in [0.15, 0.2) is 0 Å². The lowest BCUT2D eigenvalue weighted by molar-refractivity contribution is -0.137. The SMILES string of the molecule is O=C(O)c1cc(C(F)(F)F)ccc1NS(=O)(=O)C1CC1. The van der Waals surface area contributed by atoms with Crippen molar-refractivity contribution in [3.05, 3.63) is 29.3 Å². The maximum atomic E-state index is 12.5. The summed E-state index contributed by atoms with van der Waals surface area (Å²) in [7, 11) is -3.74. The molecule has 1 saturated carbocycles. The van der Waals surface area contributed by atoms with Gasteiger partial charge in [0.05, 0.1) is 22.1 Å². The first kappa shape index (κ1) is 14.6. The molecule has 0 amide bonds. The molecular weight excluding hydrogens is 299 g/mol. The Morgan fingerprint density at radius 1 is 1.30 bits per heavy atom. The monoisotopic (exact) mass is 309 g/mol. The standard InChI is InChI=1S/C11H10F3NO4S/c12-11(13,14)6-1-4-9(8(5-6)10(16)17)15-20(18,19)7-2-3-7/h1,4-5,7,15H,2-3H2,(H,16,17). The van der Waals surface area contributed by atoms with Crippen LogP contribution < -0.4 is 4.72 Å². The fraction of sp³-hybridized carbons (Fsp3) is 0.364. The number of halogens is 3. The number of nitrogens with one attached hydrogen (secondary N) is 1. The Bertz CT molecular complexity index is 650. The van der Waals surface area contributed by atoms with Crippen molar-refractivity contribution >= 4 is 21.7 Å². The van der Waals surface area contributed by atoms with Crippen LogP contribution in [-0.2, 0) is 16.2 Å². The molecular formula is C11H10F3NO4S. The minimum atomic E-state index is -4.70. The number of anilines is 1. The lowest BCUT2D eigenvalue weighted by Gasteiger charge is -2.13. The molecule has 1 aliphatic carbocycles. The number of carbonyl (C=O) groups is 1. The first-order valence-corrected chi connectivity index (χ1v) is 7.12. The van der Waals surface area contributed by atoms with Gasteiger partial charge in [0.2, 0.25) is 10.0 Å². The number of sulfonamides is 1. The molecule has 1 fully saturated rings. The van der Waals surface area contributed by atoms with E-state index in [4.69, 9.17) is 5.11 Å². The Kier molecular flexibility index (Phi) is 3.41. The summed E-state index contributed by atoms with van der Waals surface area (Å²) in [6.45, 7) is 0. The van der Waals surface area contributed by atoms with Crippen LogP contribution in [0.2, 0.25) is 0 Å². The number of rotatable bonds is 4. The molecule has 0 spiro atoms. The summed E-state index contributed by atoms with van der Waals surface area (Å²) in [5.74, 6) is -1.63. The van der Waals surface area contributed by atoms with Gasteiger partial charge >= 0.3 is 12.1 Å². The van der Waals surface area contributed by atoms with E-state index >= 15 is 0 Å². The summed E-state index contributed by atoms with van der Waals surface area (Å²) < 4.78 is 62.9. The van der Waals surface area contributed by atoms with E-state index in [0.29, 0.717) is 25.0 Å². The Morgan fingerprint density at radius 3 is 2.35 bits per heavy atom. The van der Waals surface area contributed by atoms with Gasteiger partial charge < -0.3 is 5.11 Å².